The summed E-state index contributed by atoms with van der Waals surface area (Å²) in [5.41, 5.74) is 0. The van der Waals surface area contributed by atoms with Gasteiger partial charge in [0.25, 0.3) is 0 Å². The summed E-state index contributed by atoms with van der Waals surface area (Å²) in [6.45, 7) is 5.59. The number of hydrogen-bond acceptors (Lipinski definition) is 4. The Hall–Kier alpha value is -0.850. The molecule has 7 heteroatoms. The molecule has 2 saturated heterocycles. The van der Waals surface area contributed by atoms with Crippen LogP contribution in [0.1, 0.15) is 58.3 Å². The summed E-state index contributed by atoms with van der Waals surface area (Å²) in [6.07, 6.45) is 9.11. The van der Waals surface area contributed by atoms with Gasteiger partial charge in [-0.3, -0.25) is 9.59 Å². The molecule has 2 heterocycles. The fourth-order valence-corrected chi connectivity index (χ4v) is 4.53. The summed E-state index contributed by atoms with van der Waals surface area (Å²) < 4.78 is 5.94. The molecule has 3 rings (SSSR count). The van der Waals surface area contributed by atoms with Crippen LogP contribution in [-0.2, 0) is 14.3 Å². The maximum Gasteiger partial charge on any atom is 0.248 e. The predicted molar refractivity (Wildman–Crippen MR) is 108 cm³/mol. The summed E-state index contributed by atoms with van der Waals surface area (Å²) in [5, 5.41) is 6.30. The van der Waals surface area contributed by atoms with Crippen LogP contribution in [-0.4, -0.2) is 61.6 Å². The van der Waals surface area contributed by atoms with Crippen molar-refractivity contribution < 1.29 is 14.3 Å². The van der Waals surface area contributed by atoms with E-state index in [0.717, 1.165) is 51.7 Å². The number of amides is 2. The second-order valence-electron chi connectivity index (χ2n) is 8.35. The van der Waals surface area contributed by atoms with Gasteiger partial charge in [0.15, 0.2) is 0 Å². The van der Waals surface area contributed by atoms with Gasteiger partial charge in [-0.2, -0.15) is 0 Å². The van der Waals surface area contributed by atoms with Crippen LogP contribution in [0.25, 0.3) is 0 Å². The zero-order valence-corrected chi connectivity index (χ0v) is 17.4. The summed E-state index contributed by atoms with van der Waals surface area (Å²) in [4.78, 5) is 26.6. The number of ether oxygens (including phenoxy) is 1. The number of hydrogen-bond donors (Lipinski definition) is 2. The van der Waals surface area contributed by atoms with Gasteiger partial charge in [-0.1, -0.05) is 19.8 Å². The fraction of sp³-hybridized carbons (Fsp3) is 0.900. The van der Waals surface area contributed by atoms with E-state index in [9.17, 15) is 9.59 Å². The first-order chi connectivity index (χ1) is 12.6. The van der Waals surface area contributed by atoms with E-state index in [1.807, 2.05) is 4.90 Å². The summed E-state index contributed by atoms with van der Waals surface area (Å²) >= 11 is 0. The summed E-state index contributed by atoms with van der Waals surface area (Å²) in [7, 11) is 0. The molecule has 1 aliphatic carbocycles. The minimum absolute atomic E-state index is 0. The molecule has 0 aromatic rings. The third-order valence-corrected chi connectivity index (χ3v) is 6.27. The lowest BCUT2D eigenvalue weighted by molar-refractivity contribution is -0.141. The molecule has 4 atom stereocenters. The van der Waals surface area contributed by atoms with Crippen molar-refractivity contribution in [3.05, 3.63) is 0 Å². The van der Waals surface area contributed by atoms with Crippen LogP contribution in [0.2, 0.25) is 0 Å². The van der Waals surface area contributed by atoms with Crippen LogP contribution >= 0.6 is 12.4 Å². The zero-order chi connectivity index (χ0) is 18.4. The smallest absolute Gasteiger partial charge is 0.248 e. The molecular weight excluding hydrogens is 366 g/mol. The van der Waals surface area contributed by atoms with Crippen LogP contribution in [0, 0.1) is 11.8 Å². The Morgan fingerprint density at radius 3 is 2.67 bits per heavy atom. The normalized spacial score (nSPS) is 31.2. The Kier molecular flexibility index (Phi) is 9.33. The Labute approximate surface area is 169 Å². The lowest BCUT2D eigenvalue weighted by Crippen LogP contribution is -2.47. The van der Waals surface area contributed by atoms with Gasteiger partial charge in [0, 0.05) is 19.6 Å². The number of nitrogens with one attached hydrogen (secondary N) is 2. The van der Waals surface area contributed by atoms with Gasteiger partial charge >= 0.3 is 0 Å². The molecule has 0 bridgehead atoms. The SMILES string of the molecule is CC1CCCCC1OCC(=O)N1CCCC(CNC(=O)C2CCCN2)C1.Cl. The first-order valence-electron chi connectivity index (χ1n) is 10.5. The summed E-state index contributed by atoms with van der Waals surface area (Å²) in [6, 6.07) is -0.0257. The van der Waals surface area contributed by atoms with Crippen molar-refractivity contribution >= 4 is 24.2 Å². The molecule has 156 valence electrons. The van der Waals surface area contributed by atoms with Gasteiger partial charge in [-0.25, -0.2) is 0 Å². The molecule has 3 fully saturated rings. The van der Waals surface area contributed by atoms with E-state index in [4.69, 9.17) is 4.74 Å². The third kappa shape index (κ3) is 6.61. The molecular formula is C20H36ClN3O3. The zero-order valence-electron chi connectivity index (χ0n) is 16.6. The largest absolute Gasteiger partial charge is 0.368 e. The number of nitrogens with zero attached hydrogens (tertiary/aromatic N) is 1. The standard InChI is InChI=1S/C20H35N3O3.ClH/c1-15-6-2-3-9-18(15)26-14-19(24)23-11-5-7-16(13-23)12-22-20(25)17-8-4-10-21-17;/h15-18,21H,2-14H2,1H3,(H,22,25);1H. The highest BCUT2D eigenvalue weighted by molar-refractivity contribution is 5.85. The van der Waals surface area contributed by atoms with E-state index in [1.54, 1.807) is 0 Å². The van der Waals surface area contributed by atoms with E-state index in [0.29, 0.717) is 18.4 Å². The molecule has 0 spiro atoms. The Balaban J connectivity index is 0.00000261. The van der Waals surface area contributed by atoms with Crippen molar-refractivity contribution in [2.45, 2.75) is 70.4 Å². The molecule has 0 radical (unpaired) electrons. The molecule has 6 nitrogen and oxygen atoms in total. The minimum Gasteiger partial charge on any atom is -0.368 e. The number of likely N-dealkylation sites (tertiary alicyclic amines) is 1. The predicted octanol–water partition coefficient (Wildman–Crippen LogP) is 2.11. The second-order valence-corrected chi connectivity index (χ2v) is 8.35. The van der Waals surface area contributed by atoms with Gasteiger partial charge in [0.05, 0.1) is 12.1 Å². The minimum atomic E-state index is -0.0257. The first-order valence-corrected chi connectivity index (χ1v) is 10.5. The quantitative estimate of drug-likeness (QED) is 0.715. The van der Waals surface area contributed by atoms with Crippen molar-refractivity contribution in [3.63, 3.8) is 0 Å². The van der Waals surface area contributed by atoms with E-state index in [1.165, 1.54) is 19.3 Å². The molecule has 1 saturated carbocycles. The topological polar surface area (TPSA) is 70.7 Å². The van der Waals surface area contributed by atoms with Crippen LogP contribution < -0.4 is 10.6 Å². The highest BCUT2D eigenvalue weighted by atomic mass is 35.5. The monoisotopic (exact) mass is 401 g/mol. The van der Waals surface area contributed by atoms with Crippen molar-refractivity contribution in [1.82, 2.24) is 15.5 Å². The average molecular weight is 402 g/mol. The average Bonchev–Trinajstić information content (AvgIpc) is 3.20. The highest BCUT2D eigenvalue weighted by Crippen LogP contribution is 2.26. The lowest BCUT2D eigenvalue weighted by atomic mass is 9.88. The number of halogens is 1. The Bertz CT molecular complexity index is 485. The van der Waals surface area contributed by atoms with Crippen LogP contribution in [0.15, 0.2) is 0 Å². The summed E-state index contributed by atoms with van der Waals surface area (Å²) in [5.74, 6) is 1.13. The van der Waals surface area contributed by atoms with E-state index >= 15 is 0 Å². The number of rotatable bonds is 6. The molecule has 2 aliphatic heterocycles. The van der Waals surface area contributed by atoms with Gasteiger partial charge in [0.1, 0.15) is 6.61 Å². The van der Waals surface area contributed by atoms with Crippen molar-refractivity contribution in [2.24, 2.45) is 11.8 Å². The molecule has 3 aliphatic rings. The molecule has 4 unspecified atom stereocenters. The molecule has 0 aromatic carbocycles. The number of carbonyl (C=O) groups excluding carboxylic acids is 2. The van der Waals surface area contributed by atoms with Crippen molar-refractivity contribution in [2.75, 3.05) is 32.8 Å². The maximum atomic E-state index is 12.5. The maximum absolute atomic E-state index is 12.5. The second kappa shape index (κ2) is 11.2. The number of piperidine rings is 1. The third-order valence-electron chi connectivity index (χ3n) is 6.27. The fourth-order valence-electron chi connectivity index (χ4n) is 4.53. The van der Waals surface area contributed by atoms with Crippen LogP contribution in [0.5, 0.6) is 0 Å². The highest BCUT2D eigenvalue weighted by Gasteiger charge is 2.28. The molecule has 0 aromatic heterocycles. The number of carbonyl (C=O) groups is 2. The van der Waals surface area contributed by atoms with Crippen LogP contribution in [0.3, 0.4) is 0 Å². The van der Waals surface area contributed by atoms with E-state index in [-0.39, 0.29) is 43.0 Å². The van der Waals surface area contributed by atoms with Crippen molar-refractivity contribution in [1.29, 1.82) is 0 Å². The van der Waals surface area contributed by atoms with Crippen LogP contribution in [0.4, 0.5) is 0 Å². The van der Waals surface area contributed by atoms with E-state index in [2.05, 4.69) is 17.6 Å². The first kappa shape index (κ1) is 22.4. The Morgan fingerprint density at radius 2 is 1.93 bits per heavy atom. The lowest BCUT2D eigenvalue weighted by Gasteiger charge is -2.34. The molecule has 2 amide bonds. The van der Waals surface area contributed by atoms with Gasteiger partial charge < -0.3 is 20.3 Å². The van der Waals surface area contributed by atoms with E-state index < -0.39 is 0 Å². The van der Waals surface area contributed by atoms with Crippen molar-refractivity contribution in [3.8, 4) is 0 Å². The molecule has 27 heavy (non-hydrogen) atoms. The molecule has 2 N–H and O–H groups in total. The van der Waals surface area contributed by atoms with Gasteiger partial charge in [-0.05, 0) is 56.9 Å². The Morgan fingerprint density at radius 1 is 1.11 bits per heavy atom. The van der Waals surface area contributed by atoms with Gasteiger partial charge in [-0.15, -0.1) is 12.4 Å². The van der Waals surface area contributed by atoms with Gasteiger partial charge in [0.2, 0.25) is 11.8 Å².